The molecule has 1 N–H and O–H groups in total. The summed E-state index contributed by atoms with van der Waals surface area (Å²) in [6, 6.07) is 3.94. The van der Waals surface area contributed by atoms with Gasteiger partial charge in [-0.3, -0.25) is 4.79 Å². The maximum Gasteiger partial charge on any atom is 0.164 e. The molecule has 3 nitrogen and oxygen atoms in total. The molecule has 0 amide bonds. The zero-order valence-corrected chi connectivity index (χ0v) is 13.8. The van der Waals surface area contributed by atoms with E-state index in [2.05, 4.69) is 20.4 Å². The number of hydrogen-bond donors (Lipinski definition) is 1. The highest BCUT2D eigenvalue weighted by molar-refractivity contribution is 5.94. The van der Waals surface area contributed by atoms with Gasteiger partial charge in [0.2, 0.25) is 0 Å². The molecule has 0 saturated carbocycles. The van der Waals surface area contributed by atoms with E-state index >= 15 is 0 Å². The van der Waals surface area contributed by atoms with Gasteiger partial charge in [0.1, 0.15) is 0 Å². The number of hydrogen-bond acceptors (Lipinski definition) is 3. The molecule has 1 aliphatic carbocycles. The summed E-state index contributed by atoms with van der Waals surface area (Å²) in [4.78, 5) is 11.7. The summed E-state index contributed by atoms with van der Waals surface area (Å²) in [6.07, 6.45) is 2.78. The molecule has 0 bridgehead atoms. The van der Waals surface area contributed by atoms with E-state index in [0.29, 0.717) is 18.6 Å². The second kappa shape index (κ2) is 6.39. The minimum Gasteiger partial charge on any atom is -0.504 e. The number of phenols is 1. The van der Waals surface area contributed by atoms with E-state index in [1.165, 1.54) is 0 Å². The first kappa shape index (κ1) is 16.3. The lowest BCUT2D eigenvalue weighted by Gasteiger charge is -2.19. The summed E-state index contributed by atoms with van der Waals surface area (Å²) in [7, 11) is 1.57. The normalized spacial score (nSPS) is 17.8. The van der Waals surface area contributed by atoms with E-state index in [1.807, 2.05) is 19.1 Å². The number of aromatic hydroxyl groups is 1. The van der Waals surface area contributed by atoms with Gasteiger partial charge in [0.15, 0.2) is 17.3 Å². The zero-order valence-electron chi connectivity index (χ0n) is 13.8. The van der Waals surface area contributed by atoms with Gasteiger partial charge in [0, 0.05) is 12.0 Å². The van der Waals surface area contributed by atoms with E-state index in [1.54, 1.807) is 13.2 Å². The van der Waals surface area contributed by atoms with Crippen LogP contribution in [0.15, 0.2) is 35.9 Å². The summed E-state index contributed by atoms with van der Waals surface area (Å²) in [5, 5.41) is 10.5. The van der Waals surface area contributed by atoms with Crippen LogP contribution < -0.4 is 4.74 Å². The molecule has 0 fully saturated rings. The number of methoxy groups -OCH3 is 1. The Morgan fingerprint density at radius 2 is 2.14 bits per heavy atom. The molecule has 1 aromatic rings. The van der Waals surface area contributed by atoms with Crippen LogP contribution in [0.4, 0.5) is 0 Å². The summed E-state index contributed by atoms with van der Waals surface area (Å²) < 4.78 is 5.39. The standard InChI is InChI=1S/C19H24O3/c1-11(2)16-7-6-13(18(21)19(16)22-5)8-14-9-15(20)10-17(14)12(3)4/h6-7,10-11,14,21H,3,8-9H2,1-2,4-5H3/t14-/m1/s1. The largest absolute Gasteiger partial charge is 0.504 e. The fourth-order valence-electron chi connectivity index (χ4n) is 3.08. The van der Waals surface area contributed by atoms with Crippen molar-refractivity contribution in [2.24, 2.45) is 5.92 Å². The van der Waals surface area contributed by atoms with Crippen LogP contribution in [0.3, 0.4) is 0 Å². The Balaban J connectivity index is 2.33. The van der Waals surface area contributed by atoms with E-state index in [-0.39, 0.29) is 23.4 Å². The van der Waals surface area contributed by atoms with Gasteiger partial charge < -0.3 is 9.84 Å². The maximum atomic E-state index is 11.7. The average Bonchev–Trinajstić information content (AvgIpc) is 2.81. The SMILES string of the molecule is C=C(C)C1=CC(=O)C[C@H]1Cc1ccc(C(C)C)c(OC)c1O. The molecule has 118 valence electrons. The van der Waals surface area contributed by atoms with Gasteiger partial charge in [0.05, 0.1) is 7.11 Å². The van der Waals surface area contributed by atoms with Gasteiger partial charge >= 0.3 is 0 Å². The van der Waals surface area contributed by atoms with Gasteiger partial charge in [0.25, 0.3) is 0 Å². The van der Waals surface area contributed by atoms with Crippen LogP contribution in [0.2, 0.25) is 0 Å². The van der Waals surface area contributed by atoms with Crippen LogP contribution in [0.5, 0.6) is 11.5 Å². The molecule has 0 unspecified atom stereocenters. The van der Waals surface area contributed by atoms with E-state index in [9.17, 15) is 9.90 Å². The van der Waals surface area contributed by atoms with Crippen LogP contribution in [0, 0.1) is 5.92 Å². The number of carbonyl (C=O) groups excluding carboxylic acids is 1. The molecule has 0 spiro atoms. The molecule has 0 heterocycles. The van der Waals surface area contributed by atoms with Crippen molar-refractivity contribution in [1.82, 2.24) is 0 Å². The molecule has 2 rings (SSSR count). The topological polar surface area (TPSA) is 46.5 Å². The number of carbonyl (C=O) groups is 1. The Labute approximate surface area is 132 Å². The monoisotopic (exact) mass is 300 g/mol. The lowest BCUT2D eigenvalue weighted by atomic mass is 9.88. The number of phenolic OH excluding ortho intramolecular Hbond substituents is 1. The Hall–Kier alpha value is -2.03. The number of benzene rings is 1. The van der Waals surface area contributed by atoms with Crippen molar-refractivity contribution in [2.45, 2.75) is 39.5 Å². The average molecular weight is 300 g/mol. The van der Waals surface area contributed by atoms with Gasteiger partial charge in [-0.1, -0.05) is 38.1 Å². The first-order valence-electron chi connectivity index (χ1n) is 7.64. The van der Waals surface area contributed by atoms with E-state index < -0.39 is 0 Å². The molecule has 0 aliphatic heterocycles. The van der Waals surface area contributed by atoms with Gasteiger partial charge in [-0.25, -0.2) is 0 Å². The highest BCUT2D eigenvalue weighted by atomic mass is 16.5. The van der Waals surface area contributed by atoms with Crippen molar-refractivity contribution in [1.29, 1.82) is 0 Å². The fourth-order valence-corrected chi connectivity index (χ4v) is 3.08. The summed E-state index contributed by atoms with van der Waals surface area (Å²) >= 11 is 0. The highest BCUT2D eigenvalue weighted by Gasteiger charge is 2.27. The van der Waals surface area contributed by atoms with E-state index in [0.717, 1.165) is 22.3 Å². The molecule has 0 aromatic heterocycles. The van der Waals surface area contributed by atoms with Crippen molar-refractivity contribution in [2.75, 3.05) is 7.11 Å². The smallest absolute Gasteiger partial charge is 0.164 e. The van der Waals surface area contributed by atoms with Crippen LogP contribution in [-0.4, -0.2) is 18.0 Å². The number of rotatable bonds is 5. The molecule has 0 radical (unpaired) electrons. The van der Waals surface area contributed by atoms with E-state index in [4.69, 9.17) is 4.74 Å². The van der Waals surface area contributed by atoms with Crippen molar-refractivity contribution in [3.05, 3.63) is 47.1 Å². The molecule has 3 heteroatoms. The van der Waals surface area contributed by atoms with Gasteiger partial charge in [-0.15, -0.1) is 0 Å². The molecule has 1 aromatic carbocycles. The lowest BCUT2D eigenvalue weighted by molar-refractivity contribution is -0.114. The maximum absolute atomic E-state index is 11.7. The summed E-state index contributed by atoms with van der Waals surface area (Å²) in [5.74, 6) is 1.22. The Kier molecular flexibility index (Phi) is 4.74. The van der Waals surface area contributed by atoms with Gasteiger partial charge in [-0.05, 0) is 42.4 Å². The Bertz CT molecular complexity index is 638. The number of allylic oxidation sites excluding steroid dienone is 3. The molecule has 22 heavy (non-hydrogen) atoms. The summed E-state index contributed by atoms with van der Waals surface area (Å²) in [5.41, 5.74) is 3.72. The Morgan fingerprint density at radius 1 is 1.45 bits per heavy atom. The van der Waals surface area contributed by atoms with Crippen LogP contribution in [-0.2, 0) is 11.2 Å². The zero-order chi connectivity index (χ0) is 16.4. The van der Waals surface area contributed by atoms with Crippen LogP contribution in [0.25, 0.3) is 0 Å². The number of ketones is 1. The second-order valence-corrected chi connectivity index (χ2v) is 6.30. The second-order valence-electron chi connectivity index (χ2n) is 6.30. The minimum absolute atomic E-state index is 0.0884. The minimum atomic E-state index is 0.0884. The third-order valence-corrected chi connectivity index (χ3v) is 4.23. The summed E-state index contributed by atoms with van der Waals surface area (Å²) in [6.45, 7) is 9.99. The molecular weight excluding hydrogens is 276 g/mol. The van der Waals surface area contributed by atoms with Crippen molar-refractivity contribution in [3.8, 4) is 11.5 Å². The number of ether oxygens (including phenoxy) is 1. The first-order chi connectivity index (χ1) is 10.3. The third kappa shape index (κ3) is 3.08. The Morgan fingerprint density at radius 3 is 2.68 bits per heavy atom. The quantitative estimate of drug-likeness (QED) is 0.888. The van der Waals surface area contributed by atoms with Crippen LogP contribution >= 0.6 is 0 Å². The van der Waals surface area contributed by atoms with Crippen molar-refractivity contribution >= 4 is 5.78 Å². The molecule has 0 saturated heterocycles. The predicted molar refractivity (Wildman–Crippen MR) is 88.5 cm³/mol. The lowest BCUT2D eigenvalue weighted by Crippen LogP contribution is -2.07. The predicted octanol–water partition coefficient (Wildman–Crippen LogP) is 4.16. The highest BCUT2D eigenvalue weighted by Crippen LogP contribution is 2.40. The van der Waals surface area contributed by atoms with Crippen molar-refractivity contribution in [3.63, 3.8) is 0 Å². The van der Waals surface area contributed by atoms with Crippen LogP contribution in [0.1, 0.15) is 44.2 Å². The first-order valence-corrected chi connectivity index (χ1v) is 7.64. The molecule has 1 aliphatic rings. The molecular formula is C19H24O3. The van der Waals surface area contributed by atoms with Crippen molar-refractivity contribution < 1.29 is 14.6 Å². The third-order valence-electron chi connectivity index (χ3n) is 4.23. The molecule has 1 atom stereocenters. The van der Waals surface area contributed by atoms with Gasteiger partial charge in [-0.2, -0.15) is 0 Å². The fraction of sp³-hybridized carbons (Fsp3) is 0.421.